The second kappa shape index (κ2) is 5.89. The molecule has 1 aromatic heterocycles. The molecule has 0 spiro atoms. The third-order valence-electron chi connectivity index (χ3n) is 3.57. The number of hydrogen-bond donors (Lipinski definition) is 1. The van der Waals surface area contributed by atoms with Gasteiger partial charge in [0.15, 0.2) is 0 Å². The molecule has 0 fully saturated rings. The van der Waals surface area contributed by atoms with Gasteiger partial charge in [-0.3, -0.25) is 0 Å². The minimum absolute atomic E-state index is 0.0350. The van der Waals surface area contributed by atoms with Gasteiger partial charge in [0.1, 0.15) is 12.0 Å². The Morgan fingerprint density at radius 1 is 1.27 bits per heavy atom. The van der Waals surface area contributed by atoms with Crippen LogP contribution >= 0.6 is 0 Å². The highest BCUT2D eigenvalue weighted by atomic mass is 16.5. The number of aromatic nitrogens is 2. The summed E-state index contributed by atoms with van der Waals surface area (Å²) in [5.41, 5.74) is 2.70. The van der Waals surface area contributed by atoms with Crippen molar-refractivity contribution in [2.75, 3.05) is 7.11 Å². The lowest BCUT2D eigenvalue weighted by atomic mass is 10.1. The molecule has 5 heteroatoms. The highest BCUT2D eigenvalue weighted by molar-refractivity contribution is 5.87. The van der Waals surface area contributed by atoms with Crippen molar-refractivity contribution in [1.82, 2.24) is 9.78 Å². The smallest absolute Gasteiger partial charge is 0.238 e. The molecule has 3 rings (SSSR count). The summed E-state index contributed by atoms with van der Waals surface area (Å²) in [7, 11) is 1.58. The number of nitrogens with zero attached hydrogens (tertiary/aromatic N) is 2. The molecule has 0 aliphatic carbocycles. The average Bonchev–Trinajstić information content (AvgIpc) is 2.89. The van der Waals surface area contributed by atoms with Gasteiger partial charge in [0.2, 0.25) is 5.88 Å². The van der Waals surface area contributed by atoms with Crippen LogP contribution in [0.15, 0.2) is 42.5 Å². The molecule has 0 saturated carbocycles. The van der Waals surface area contributed by atoms with Crippen molar-refractivity contribution < 1.29 is 14.6 Å². The summed E-state index contributed by atoms with van der Waals surface area (Å²) in [4.78, 5) is 10.5. The second-order valence-electron chi connectivity index (χ2n) is 4.99. The average molecular weight is 296 g/mol. The maximum atomic E-state index is 10.5. The van der Waals surface area contributed by atoms with E-state index in [1.807, 2.05) is 36.4 Å². The number of aromatic hydroxyl groups is 1. The van der Waals surface area contributed by atoms with E-state index in [-0.39, 0.29) is 5.88 Å². The van der Waals surface area contributed by atoms with Gasteiger partial charge in [-0.1, -0.05) is 12.1 Å². The Morgan fingerprint density at radius 3 is 2.91 bits per heavy atom. The van der Waals surface area contributed by atoms with Gasteiger partial charge in [0.25, 0.3) is 0 Å². The molecule has 0 unspecified atom stereocenters. The molecule has 0 amide bonds. The van der Waals surface area contributed by atoms with Gasteiger partial charge in [0.05, 0.1) is 23.7 Å². The van der Waals surface area contributed by atoms with Gasteiger partial charge in [-0.05, 0) is 42.3 Å². The van der Waals surface area contributed by atoms with Crippen LogP contribution in [0.2, 0.25) is 0 Å². The van der Waals surface area contributed by atoms with Crippen LogP contribution in [0.4, 0.5) is 0 Å². The molecule has 0 aliphatic heterocycles. The number of carbonyl (C=O) groups is 1. The zero-order valence-electron chi connectivity index (χ0n) is 12.2. The Morgan fingerprint density at radius 2 is 2.14 bits per heavy atom. The van der Waals surface area contributed by atoms with Crippen LogP contribution < -0.4 is 4.74 Å². The number of ether oxygens (including phenoxy) is 1. The van der Waals surface area contributed by atoms with E-state index in [0.717, 1.165) is 23.1 Å². The van der Waals surface area contributed by atoms with Crippen molar-refractivity contribution in [3.63, 3.8) is 0 Å². The van der Waals surface area contributed by atoms with Crippen LogP contribution in [0.1, 0.15) is 12.0 Å². The number of hydrogen-bond acceptors (Lipinski definition) is 4. The SMILES string of the molecule is COc1ccc2c(c1)c(O)nn2-c1cccc(CCC=O)c1. The number of methoxy groups -OCH3 is 1. The summed E-state index contributed by atoms with van der Waals surface area (Å²) in [6, 6.07) is 13.2. The third-order valence-corrected chi connectivity index (χ3v) is 3.57. The highest BCUT2D eigenvalue weighted by Gasteiger charge is 2.12. The lowest BCUT2D eigenvalue weighted by Crippen LogP contribution is -1.97. The van der Waals surface area contributed by atoms with Crippen LogP contribution in [-0.2, 0) is 11.2 Å². The number of fused-ring (bicyclic) bond motifs is 1. The van der Waals surface area contributed by atoms with Crippen LogP contribution in [-0.4, -0.2) is 28.3 Å². The predicted molar refractivity (Wildman–Crippen MR) is 83.7 cm³/mol. The van der Waals surface area contributed by atoms with Crippen LogP contribution in [0, 0.1) is 0 Å². The molecular weight excluding hydrogens is 280 g/mol. The first kappa shape index (κ1) is 14.1. The van der Waals surface area contributed by atoms with Crippen LogP contribution in [0.5, 0.6) is 11.6 Å². The number of aldehydes is 1. The molecule has 22 heavy (non-hydrogen) atoms. The van der Waals surface area contributed by atoms with E-state index in [2.05, 4.69) is 5.10 Å². The summed E-state index contributed by atoms with van der Waals surface area (Å²) in [5.74, 6) is 0.634. The summed E-state index contributed by atoms with van der Waals surface area (Å²) in [6.07, 6.45) is 2.09. The van der Waals surface area contributed by atoms with Gasteiger partial charge in [-0.25, -0.2) is 4.68 Å². The predicted octanol–water partition coefficient (Wildman–Crippen LogP) is 2.87. The Hall–Kier alpha value is -2.82. The van der Waals surface area contributed by atoms with Gasteiger partial charge < -0.3 is 14.6 Å². The molecule has 0 atom stereocenters. The zero-order valence-corrected chi connectivity index (χ0v) is 12.2. The van der Waals surface area contributed by atoms with Gasteiger partial charge in [0, 0.05) is 6.42 Å². The van der Waals surface area contributed by atoms with Crippen LogP contribution in [0.25, 0.3) is 16.6 Å². The first-order valence-corrected chi connectivity index (χ1v) is 7.01. The van der Waals surface area contributed by atoms with E-state index in [9.17, 15) is 9.90 Å². The third kappa shape index (κ3) is 2.53. The number of benzene rings is 2. The molecule has 0 bridgehead atoms. The fourth-order valence-corrected chi connectivity index (χ4v) is 2.47. The molecule has 3 aromatic rings. The monoisotopic (exact) mass is 296 g/mol. The maximum Gasteiger partial charge on any atom is 0.238 e. The molecular formula is C17H16N2O3. The number of carbonyl (C=O) groups excluding carboxylic acids is 1. The summed E-state index contributed by atoms with van der Waals surface area (Å²) >= 11 is 0. The lowest BCUT2D eigenvalue weighted by molar-refractivity contribution is -0.107. The van der Waals surface area contributed by atoms with E-state index in [4.69, 9.17) is 4.74 Å². The van der Waals surface area contributed by atoms with Crippen molar-refractivity contribution in [1.29, 1.82) is 0 Å². The van der Waals surface area contributed by atoms with Crippen molar-refractivity contribution in [3.05, 3.63) is 48.0 Å². The van der Waals surface area contributed by atoms with Crippen molar-refractivity contribution in [3.8, 4) is 17.3 Å². The Labute approximate surface area is 127 Å². The van der Waals surface area contributed by atoms with Gasteiger partial charge >= 0.3 is 0 Å². The maximum absolute atomic E-state index is 10.5. The molecule has 5 nitrogen and oxygen atoms in total. The summed E-state index contributed by atoms with van der Waals surface area (Å²) in [5, 5.41) is 14.9. The number of rotatable bonds is 5. The topological polar surface area (TPSA) is 64.3 Å². The van der Waals surface area contributed by atoms with Gasteiger partial charge in [-0.2, -0.15) is 0 Å². The quantitative estimate of drug-likeness (QED) is 0.735. The minimum Gasteiger partial charge on any atom is -0.497 e. The van der Waals surface area contributed by atoms with Crippen molar-refractivity contribution in [2.24, 2.45) is 0 Å². The molecule has 1 N–H and O–H groups in total. The normalized spacial score (nSPS) is 10.8. The Balaban J connectivity index is 2.08. The molecule has 0 radical (unpaired) electrons. The van der Waals surface area contributed by atoms with Crippen LogP contribution in [0.3, 0.4) is 0 Å². The second-order valence-corrected chi connectivity index (χ2v) is 4.99. The molecule has 1 heterocycles. The molecule has 0 aliphatic rings. The number of aryl methyl sites for hydroxylation is 1. The Bertz CT molecular complexity index is 824. The van der Waals surface area contributed by atoms with E-state index < -0.39 is 0 Å². The Kier molecular flexibility index (Phi) is 3.78. The summed E-state index contributed by atoms with van der Waals surface area (Å²) in [6.45, 7) is 0. The van der Waals surface area contributed by atoms with Crippen molar-refractivity contribution >= 4 is 17.2 Å². The van der Waals surface area contributed by atoms with E-state index >= 15 is 0 Å². The first-order chi connectivity index (χ1) is 10.7. The molecule has 0 saturated heterocycles. The zero-order chi connectivity index (χ0) is 15.5. The highest BCUT2D eigenvalue weighted by Crippen LogP contribution is 2.30. The molecule has 2 aromatic carbocycles. The molecule has 112 valence electrons. The lowest BCUT2D eigenvalue weighted by Gasteiger charge is -2.06. The summed E-state index contributed by atoms with van der Waals surface area (Å²) < 4.78 is 6.86. The standard InChI is InChI=1S/C17H16N2O3/c1-22-14-7-8-16-15(11-14)17(21)18-19(16)13-6-2-4-12(10-13)5-3-9-20/h2,4,6-11H,3,5H2,1H3,(H,18,21). The minimum atomic E-state index is -0.0350. The largest absolute Gasteiger partial charge is 0.497 e. The van der Waals surface area contributed by atoms with Gasteiger partial charge in [-0.15, -0.1) is 5.10 Å². The van der Waals surface area contributed by atoms with Crippen molar-refractivity contribution in [2.45, 2.75) is 12.8 Å². The first-order valence-electron chi connectivity index (χ1n) is 7.01. The van der Waals surface area contributed by atoms with E-state index in [1.165, 1.54) is 0 Å². The fraction of sp³-hybridized carbons (Fsp3) is 0.176. The van der Waals surface area contributed by atoms with E-state index in [1.54, 1.807) is 17.9 Å². The fourth-order valence-electron chi connectivity index (χ4n) is 2.47. The van der Waals surface area contributed by atoms with E-state index in [0.29, 0.717) is 24.0 Å².